The molecule has 1 N–H and O–H groups in total. The van der Waals surface area contributed by atoms with E-state index >= 15 is 0 Å². The van der Waals surface area contributed by atoms with Gasteiger partial charge in [-0.25, -0.2) is 0 Å². The van der Waals surface area contributed by atoms with Gasteiger partial charge in [0.15, 0.2) is 0 Å². The molecule has 0 saturated carbocycles. The van der Waals surface area contributed by atoms with Gasteiger partial charge in [0.25, 0.3) is 0 Å². The summed E-state index contributed by atoms with van der Waals surface area (Å²) in [5.41, 5.74) is 0. The van der Waals surface area contributed by atoms with Crippen LogP contribution in [-0.4, -0.2) is 98.6 Å². The fourth-order valence-corrected chi connectivity index (χ4v) is 4.31. The maximum atomic E-state index is 12.8. The Labute approximate surface area is 150 Å². The minimum Gasteiger partial charge on any atom is -0.378 e. The van der Waals surface area contributed by atoms with Crippen LogP contribution in [-0.2, 0) is 14.3 Å². The summed E-state index contributed by atoms with van der Waals surface area (Å²) in [4.78, 5) is 31.0. The molecule has 3 aliphatic rings. The number of carbonyl (C=O) groups excluding carboxylic acids is 2. The largest absolute Gasteiger partial charge is 0.378 e. The molecule has 142 valence electrons. The zero-order valence-electron chi connectivity index (χ0n) is 15.4. The van der Waals surface area contributed by atoms with Gasteiger partial charge < -0.3 is 15.0 Å². The minimum absolute atomic E-state index is 0.0904. The maximum absolute atomic E-state index is 12.8. The number of carbonyl (C=O) groups is 2. The number of nitrogens with zero attached hydrogens (tertiary/aromatic N) is 3. The number of hydrogen-bond donors (Lipinski definition) is 1. The van der Waals surface area contributed by atoms with Crippen LogP contribution in [0.3, 0.4) is 0 Å². The van der Waals surface area contributed by atoms with Crippen LogP contribution in [0, 0.1) is 5.92 Å². The Morgan fingerprint density at radius 3 is 2.44 bits per heavy atom. The highest BCUT2D eigenvalue weighted by Gasteiger charge is 2.34. The fraction of sp³-hybridized carbons (Fsp3) is 0.889. The van der Waals surface area contributed by atoms with Crippen LogP contribution in [0.15, 0.2) is 0 Å². The molecule has 3 aliphatic heterocycles. The Morgan fingerprint density at radius 1 is 1.04 bits per heavy atom. The first kappa shape index (κ1) is 18.6. The van der Waals surface area contributed by atoms with Crippen molar-refractivity contribution in [2.75, 3.05) is 66.1 Å². The second-order valence-corrected chi connectivity index (χ2v) is 7.45. The molecule has 7 nitrogen and oxygen atoms in total. The van der Waals surface area contributed by atoms with Crippen LogP contribution in [0.4, 0.5) is 0 Å². The fourth-order valence-electron chi connectivity index (χ4n) is 4.31. The molecule has 0 aliphatic carbocycles. The molecule has 3 heterocycles. The van der Waals surface area contributed by atoms with E-state index in [-0.39, 0.29) is 11.8 Å². The highest BCUT2D eigenvalue weighted by atomic mass is 16.5. The van der Waals surface area contributed by atoms with Crippen LogP contribution in [0.1, 0.15) is 25.7 Å². The number of morpholine rings is 1. The average molecular weight is 352 g/mol. The second kappa shape index (κ2) is 8.96. The van der Waals surface area contributed by atoms with Gasteiger partial charge in [0.1, 0.15) is 0 Å². The molecule has 1 atom stereocenters. The van der Waals surface area contributed by atoms with Gasteiger partial charge in [0.2, 0.25) is 11.8 Å². The molecule has 3 fully saturated rings. The van der Waals surface area contributed by atoms with Crippen molar-refractivity contribution in [2.24, 2.45) is 5.92 Å². The summed E-state index contributed by atoms with van der Waals surface area (Å²) < 4.78 is 5.36. The first-order valence-electron chi connectivity index (χ1n) is 9.71. The SMILES string of the molecule is CNC(=O)CN1CCC(N2CCC[C@@H](C(=O)N3CCOCC3)C2)CC1. The van der Waals surface area contributed by atoms with Crippen molar-refractivity contribution < 1.29 is 14.3 Å². The van der Waals surface area contributed by atoms with E-state index in [4.69, 9.17) is 4.74 Å². The van der Waals surface area contributed by atoms with Gasteiger partial charge in [-0.2, -0.15) is 0 Å². The molecule has 0 aromatic carbocycles. The molecule has 3 rings (SSSR count). The van der Waals surface area contributed by atoms with Gasteiger partial charge >= 0.3 is 0 Å². The van der Waals surface area contributed by atoms with Gasteiger partial charge in [-0.3, -0.25) is 19.4 Å². The molecule has 0 unspecified atom stereocenters. The monoisotopic (exact) mass is 352 g/mol. The number of nitrogens with one attached hydrogen (secondary N) is 1. The molecule has 0 bridgehead atoms. The summed E-state index contributed by atoms with van der Waals surface area (Å²) >= 11 is 0. The first-order valence-corrected chi connectivity index (χ1v) is 9.71. The van der Waals surface area contributed by atoms with Crippen LogP contribution in [0.25, 0.3) is 0 Å². The Morgan fingerprint density at radius 2 is 1.76 bits per heavy atom. The Hall–Kier alpha value is -1.18. The minimum atomic E-state index is 0.0904. The Bertz CT molecular complexity index is 459. The molecule has 7 heteroatoms. The third kappa shape index (κ3) is 4.92. The molecule has 3 saturated heterocycles. The van der Waals surface area contributed by atoms with E-state index in [0.29, 0.717) is 31.7 Å². The highest BCUT2D eigenvalue weighted by molar-refractivity contribution is 5.79. The lowest BCUT2D eigenvalue weighted by Gasteiger charge is -2.42. The zero-order valence-corrected chi connectivity index (χ0v) is 15.4. The second-order valence-electron chi connectivity index (χ2n) is 7.45. The number of likely N-dealkylation sites (N-methyl/N-ethyl adjacent to an activating group) is 1. The summed E-state index contributed by atoms with van der Waals surface area (Å²) in [5, 5.41) is 2.69. The van der Waals surface area contributed by atoms with Crippen molar-refractivity contribution in [2.45, 2.75) is 31.7 Å². The quantitative estimate of drug-likeness (QED) is 0.757. The van der Waals surface area contributed by atoms with E-state index < -0.39 is 0 Å². The van der Waals surface area contributed by atoms with E-state index in [1.807, 2.05) is 4.90 Å². The summed E-state index contributed by atoms with van der Waals surface area (Å²) in [6, 6.07) is 0.557. The van der Waals surface area contributed by atoms with Crippen molar-refractivity contribution >= 4 is 11.8 Å². The highest BCUT2D eigenvalue weighted by Crippen LogP contribution is 2.25. The zero-order chi connectivity index (χ0) is 17.6. The third-order valence-corrected chi connectivity index (χ3v) is 5.84. The lowest BCUT2D eigenvalue weighted by molar-refractivity contribution is -0.142. The van der Waals surface area contributed by atoms with Gasteiger partial charge in [-0.1, -0.05) is 0 Å². The normalized spacial score (nSPS) is 27.2. The summed E-state index contributed by atoms with van der Waals surface area (Å²) in [6.07, 6.45) is 4.31. The summed E-state index contributed by atoms with van der Waals surface area (Å²) in [7, 11) is 1.69. The predicted octanol–water partition coefficient (Wildman–Crippen LogP) is -0.232. The van der Waals surface area contributed by atoms with E-state index in [9.17, 15) is 9.59 Å². The van der Waals surface area contributed by atoms with E-state index in [1.54, 1.807) is 7.05 Å². The molecule has 2 amide bonds. The third-order valence-electron chi connectivity index (χ3n) is 5.84. The van der Waals surface area contributed by atoms with Crippen LogP contribution in [0.5, 0.6) is 0 Å². The van der Waals surface area contributed by atoms with E-state index in [0.717, 1.165) is 65.0 Å². The van der Waals surface area contributed by atoms with Gasteiger partial charge in [-0.15, -0.1) is 0 Å². The van der Waals surface area contributed by atoms with Gasteiger partial charge in [0.05, 0.1) is 25.7 Å². The topological polar surface area (TPSA) is 65.1 Å². The van der Waals surface area contributed by atoms with Crippen molar-refractivity contribution in [1.82, 2.24) is 20.0 Å². The molecule has 0 spiro atoms. The van der Waals surface area contributed by atoms with Crippen LogP contribution in [0.2, 0.25) is 0 Å². The number of ether oxygens (including phenoxy) is 1. The number of amides is 2. The molecular weight excluding hydrogens is 320 g/mol. The standard InChI is InChI=1S/C18H32N4O3/c1-19-17(23)14-20-7-4-16(5-8-20)22-6-2-3-15(13-22)18(24)21-9-11-25-12-10-21/h15-16H,2-14H2,1H3,(H,19,23)/t15-/m1/s1. The first-order chi connectivity index (χ1) is 12.2. The number of piperidine rings is 2. The predicted molar refractivity (Wildman–Crippen MR) is 95.2 cm³/mol. The lowest BCUT2D eigenvalue weighted by atomic mass is 9.92. The van der Waals surface area contributed by atoms with Crippen molar-refractivity contribution in [3.63, 3.8) is 0 Å². The molecular formula is C18H32N4O3. The van der Waals surface area contributed by atoms with E-state index in [2.05, 4.69) is 15.1 Å². The molecule has 0 radical (unpaired) electrons. The Balaban J connectivity index is 1.47. The number of likely N-dealkylation sites (tertiary alicyclic amines) is 2. The summed E-state index contributed by atoms with van der Waals surface area (Å²) in [6.45, 7) is 7.27. The molecule has 25 heavy (non-hydrogen) atoms. The van der Waals surface area contributed by atoms with Crippen molar-refractivity contribution in [3.05, 3.63) is 0 Å². The molecule has 0 aromatic rings. The van der Waals surface area contributed by atoms with Crippen molar-refractivity contribution in [3.8, 4) is 0 Å². The Kier molecular flexibility index (Phi) is 6.67. The van der Waals surface area contributed by atoms with Gasteiger partial charge in [-0.05, 0) is 32.2 Å². The number of hydrogen-bond acceptors (Lipinski definition) is 5. The van der Waals surface area contributed by atoms with Crippen LogP contribution >= 0.6 is 0 Å². The lowest BCUT2D eigenvalue weighted by Crippen LogP contribution is -2.53. The van der Waals surface area contributed by atoms with Gasteiger partial charge in [0, 0.05) is 45.8 Å². The van der Waals surface area contributed by atoms with Crippen molar-refractivity contribution in [1.29, 1.82) is 0 Å². The smallest absolute Gasteiger partial charge is 0.233 e. The summed E-state index contributed by atoms with van der Waals surface area (Å²) in [5.74, 6) is 0.563. The average Bonchev–Trinajstić information content (AvgIpc) is 2.68. The number of rotatable bonds is 4. The van der Waals surface area contributed by atoms with E-state index in [1.165, 1.54) is 0 Å². The maximum Gasteiger partial charge on any atom is 0.233 e. The van der Waals surface area contributed by atoms with Crippen LogP contribution < -0.4 is 5.32 Å². The molecule has 0 aromatic heterocycles.